The molecule has 1 aromatic heterocycles. The minimum Gasteiger partial charge on any atom is -0.390 e. The lowest BCUT2D eigenvalue weighted by molar-refractivity contribution is -0.136. The summed E-state index contributed by atoms with van der Waals surface area (Å²) in [4.78, 5) is 24.6. The maximum atomic E-state index is 13.2. The standard InChI is InChI=1S/C21H28N4O2/c26-19(23-17-14-6-12-7-15(17)10-21(27,8-12)9-14)16-11-22-20(25-4-1-5-25)24-18(16)13-2-3-13/h11-15,17,27H,1-10H2,(H,23,26)/t12?,14?,15?,17-,21+. The van der Waals surface area contributed by atoms with Gasteiger partial charge in [0.15, 0.2) is 0 Å². The van der Waals surface area contributed by atoms with Gasteiger partial charge in [-0.05, 0) is 69.1 Å². The highest BCUT2D eigenvalue weighted by molar-refractivity contribution is 5.95. The molecule has 5 aliphatic carbocycles. The second-order valence-electron chi connectivity index (χ2n) is 9.78. The van der Waals surface area contributed by atoms with Crippen molar-refractivity contribution in [3.8, 4) is 0 Å². The van der Waals surface area contributed by atoms with Crippen molar-refractivity contribution >= 4 is 11.9 Å². The molecule has 2 heterocycles. The predicted octanol–water partition coefficient (Wildman–Crippen LogP) is 2.23. The molecular formula is C21H28N4O2. The maximum Gasteiger partial charge on any atom is 0.254 e. The number of rotatable bonds is 4. The zero-order chi connectivity index (χ0) is 18.2. The first-order valence-electron chi connectivity index (χ1n) is 10.7. The summed E-state index contributed by atoms with van der Waals surface area (Å²) < 4.78 is 0. The molecule has 2 unspecified atom stereocenters. The van der Waals surface area contributed by atoms with Gasteiger partial charge < -0.3 is 15.3 Å². The average molecular weight is 368 g/mol. The van der Waals surface area contributed by atoms with Crippen molar-refractivity contribution in [2.45, 2.75) is 68.9 Å². The van der Waals surface area contributed by atoms with E-state index >= 15 is 0 Å². The molecule has 4 bridgehead atoms. The van der Waals surface area contributed by atoms with Crippen LogP contribution in [0.2, 0.25) is 0 Å². The average Bonchev–Trinajstić information content (AvgIpc) is 3.40. The van der Waals surface area contributed by atoms with Gasteiger partial charge in [-0.2, -0.15) is 0 Å². The first kappa shape index (κ1) is 16.3. The van der Waals surface area contributed by atoms with Gasteiger partial charge in [0, 0.05) is 31.2 Å². The summed E-state index contributed by atoms with van der Waals surface area (Å²) in [6.45, 7) is 2.04. The van der Waals surface area contributed by atoms with E-state index in [1.54, 1.807) is 6.20 Å². The van der Waals surface area contributed by atoms with Crippen LogP contribution in [0.25, 0.3) is 0 Å². The molecule has 6 nitrogen and oxygen atoms in total. The molecule has 1 amide bonds. The number of nitrogens with one attached hydrogen (secondary N) is 1. The van der Waals surface area contributed by atoms with E-state index in [0.717, 1.165) is 69.7 Å². The number of carbonyl (C=O) groups excluding carboxylic acids is 1. The van der Waals surface area contributed by atoms with Crippen molar-refractivity contribution in [1.29, 1.82) is 0 Å². The zero-order valence-corrected chi connectivity index (χ0v) is 15.7. The highest BCUT2D eigenvalue weighted by atomic mass is 16.3. The van der Waals surface area contributed by atoms with Crippen molar-refractivity contribution in [3.05, 3.63) is 17.5 Å². The molecule has 1 aromatic rings. The Morgan fingerprint density at radius 1 is 1.19 bits per heavy atom. The SMILES string of the molecule is O=C(N[C@H]1C2CC3CC1C[C@@](O)(C3)C2)c1cnc(N2CCC2)nc1C1CC1. The summed E-state index contributed by atoms with van der Waals surface area (Å²) in [6, 6.07) is 0.205. The molecule has 7 rings (SSSR count). The van der Waals surface area contributed by atoms with E-state index in [2.05, 4.69) is 15.2 Å². The van der Waals surface area contributed by atoms with E-state index in [-0.39, 0.29) is 11.9 Å². The van der Waals surface area contributed by atoms with Crippen LogP contribution < -0.4 is 10.2 Å². The monoisotopic (exact) mass is 368 g/mol. The number of carbonyl (C=O) groups is 1. The molecule has 5 saturated carbocycles. The second-order valence-corrected chi connectivity index (χ2v) is 9.78. The number of hydrogen-bond acceptors (Lipinski definition) is 5. The summed E-state index contributed by atoms with van der Waals surface area (Å²) in [7, 11) is 0. The van der Waals surface area contributed by atoms with Crippen LogP contribution in [0.4, 0.5) is 5.95 Å². The highest BCUT2D eigenvalue weighted by Gasteiger charge is 2.55. The van der Waals surface area contributed by atoms with Gasteiger partial charge in [0.2, 0.25) is 5.95 Å². The first-order chi connectivity index (χ1) is 13.1. The summed E-state index contributed by atoms with van der Waals surface area (Å²) >= 11 is 0. The second kappa shape index (κ2) is 5.66. The molecule has 2 N–H and O–H groups in total. The lowest BCUT2D eigenvalue weighted by Gasteiger charge is -2.58. The first-order valence-corrected chi connectivity index (χ1v) is 10.7. The highest BCUT2D eigenvalue weighted by Crippen LogP contribution is 2.55. The fraction of sp³-hybridized carbons (Fsp3) is 0.762. The molecule has 6 fully saturated rings. The largest absolute Gasteiger partial charge is 0.390 e. The number of aliphatic hydroxyl groups is 1. The van der Waals surface area contributed by atoms with Crippen LogP contribution in [0.1, 0.15) is 73.3 Å². The Hall–Kier alpha value is -1.69. The third-order valence-corrected chi connectivity index (χ3v) is 7.69. The van der Waals surface area contributed by atoms with E-state index in [1.165, 1.54) is 6.42 Å². The molecule has 27 heavy (non-hydrogen) atoms. The van der Waals surface area contributed by atoms with Gasteiger partial charge in [0.25, 0.3) is 5.91 Å². The third kappa shape index (κ3) is 2.67. The molecule has 144 valence electrons. The van der Waals surface area contributed by atoms with Crippen molar-refractivity contribution in [2.24, 2.45) is 17.8 Å². The van der Waals surface area contributed by atoms with Gasteiger partial charge in [-0.3, -0.25) is 4.79 Å². The van der Waals surface area contributed by atoms with Crippen LogP contribution in [0.3, 0.4) is 0 Å². The van der Waals surface area contributed by atoms with Gasteiger partial charge in [-0.25, -0.2) is 9.97 Å². The van der Waals surface area contributed by atoms with Crippen LogP contribution in [-0.2, 0) is 0 Å². The van der Waals surface area contributed by atoms with Crippen molar-refractivity contribution in [3.63, 3.8) is 0 Å². The van der Waals surface area contributed by atoms with E-state index in [9.17, 15) is 9.90 Å². The molecule has 0 spiro atoms. The number of hydrogen-bond donors (Lipinski definition) is 2. The lowest BCUT2D eigenvalue weighted by atomic mass is 9.52. The summed E-state index contributed by atoms with van der Waals surface area (Å²) in [5.74, 6) is 2.72. The number of amides is 1. The Balaban J connectivity index is 1.24. The van der Waals surface area contributed by atoms with Crippen LogP contribution in [0, 0.1) is 17.8 Å². The van der Waals surface area contributed by atoms with E-state index < -0.39 is 5.60 Å². The maximum absolute atomic E-state index is 13.2. The minimum absolute atomic E-state index is 0.00322. The summed E-state index contributed by atoms with van der Waals surface area (Å²) in [5.41, 5.74) is 1.17. The van der Waals surface area contributed by atoms with Gasteiger partial charge in [-0.15, -0.1) is 0 Å². The van der Waals surface area contributed by atoms with E-state index in [1.807, 2.05) is 0 Å². The van der Waals surface area contributed by atoms with Crippen molar-refractivity contribution in [1.82, 2.24) is 15.3 Å². The zero-order valence-electron chi connectivity index (χ0n) is 15.7. The third-order valence-electron chi connectivity index (χ3n) is 7.69. The van der Waals surface area contributed by atoms with Crippen molar-refractivity contribution < 1.29 is 9.90 Å². The minimum atomic E-state index is -0.459. The van der Waals surface area contributed by atoms with Gasteiger partial charge in [0.1, 0.15) is 0 Å². The number of aromatic nitrogens is 2. The Morgan fingerprint density at radius 3 is 2.52 bits per heavy atom. The Labute approximate surface area is 159 Å². The smallest absolute Gasteiger partial charge is 0.254 e. The number of nitrogens with zero attached hydrogens (tertiary/aromatic N) is 3. The Kier molecular flexibility index (Phi) is 3.41. The van der Waals surface area contributed by atoms with Crippen LogP contribution >= 0.6 is 0 Å². The lowest BCUT2D eigenvalue weighted by Crippen LogP contribution is -2.61. The molecule has 0 radical (unpaired) electrons. The van der Waals surface area contributed by atoms with E-state index in [4.69, 9.17) is 4.98 Å². The summed E-state index contributed by atoms with van der Waals surface area (Å²) in [6.07, 6.45) is 10.2. The van der Waals surface area contributed by atoms with Crippen LogP contribution in [0.5, 0.6) is 0 Å². The topological polar surface area (TPSA) is 78.3 Å². The summed E-state index contributed by atoms with van der Waals surface area (Å²) in [5, 5.41) is 14.1. The normalized spacial score (nSPS) is 39.4. The predicted molar refractivity (Wildman–Crippen MR) is 101 cm³/mol. The van der Waals surface area contributed by atoms with E-state index in [0.29, 0.717) is 29.2 Å². The Morgan fingerprint density at radius 2 is 1.93 bits per heavy atom. The number of anilines is 1. The fourth-order valence-corrected chi connectivity index (χ4v) is 6.34. The fourth-order valence-electron chi connectivity index (χ4n) is 6.34. The molecule has 6 heteroatoms. The molecule has 6 aliphatic rings. The molecule has 2 atom stereocenters. The van der Waals surface area contributed by atoms with Gasteiger partial charge in [-0.1, -0.05) is 0 Å². The molecular weight excluding hydrogens is 340 g/mol. The van der Waals surface area contributed by atoms with Crippen molar-refractivity contribution in [2.75, 3.05) is 18.0 Å². The van der Waals surface area contributed by atoms with Crippen LogP contribution in [0.15, 0.2) is 6.20 Å². The van der Waals surface area contributed by atoms with Gasteiger partial charge in [0.05, 0.1) is 16.9 Å². The van der Waals surface area contributed by atoms with Crippen LogP contribution in [-0.4, -0.2) is 45.7 Å². The Bertz CT molecular complexity index is 772. The molecule has 1 saturated heterocycles. The van der Waals surface area contributed by atoms with Gasteiger partial charge >= 0.3 is 0 Å². The molecule has 0 aromatic carbocycles. The molecule has 1 aliphatic heterocycles. The quantitative estimate of drug-likeness (QED) is 0.852.